The highest BCUT2D eigenvalue weighted by Crippen LogP contribution is 2.34. The Morgan fingerprint density at radius 2 is 2.13 bits per heavy atom. The van der Waals surface area contributed by atoms with Gasteiger partial charge in [0.05, 0.1) is 23.1 Å². The Balaban J connectivity index is 1.82. The molecule has 23 heavy (non-hydrogen) atoms. The molecule has 1 aromatic carbocycles. The molecule has 1 aliphatic carbocycles. The standard InChI is InChI=1S/C18H23N3O2/c1-2-17-15(12-19-21(17)14-6-4-3-5-7-14)18(23)20-16(10-11-22)13-8-9-13/h3-7,12-13,16,22H,2,8-11H2,1H3,(H,20,23). The molecule has 1 aliphatic rings. The van der Waals surface area contributed by atoms with Gasteiger partial charge in [0.2, 0.25) is 0 Å². The molecule has 122 valence electrons. The monoisotopic (exact) mass is 313 g/mol. The third-order valence-electron chi connectivity index (χ3n) is 4.40. The van der Waals surface area contributed by atoms with Crippen LogP contribution in [-0.2, 0) is 6.42 Å². The SMILES string of the molecule is CCc1c(C(=O)NC(CCO)C2CC2)cnn1-c1ccccc1. The molecule has 1 saturated carbocycles. The Labute approximate surface area is 136 Å². The minimum Gasteiger partial charge on any atom is -0.396 e. The third kappa shape index (κ3) is 3.45. The number of aliphatic hydroxyl groups excluding tert-OH is 1. The number of carbonyl (C=O) groups is 1. The van der Waals surface area contributed by atoms with Gasteiger partial charge in [-0.1, -0.05) is 25.1 Å². The quantitative estimate of drug-likeness (QED) is 0.824. The summed E-state index contributed by atoms with van der Waals surface area (Å²) in [6.45, 7) is 2.13. The maximum absolute atomic E-state index is 12.6. The zero-order valence-electron chi connectivity index (χ0n) is 13.4. The maximum atomic E-state index is 12.6. The summed E-state index contributed by atoms with van der Waals surface area (Å²) >= 11 is 0. The number of nitrogens with zero attached hydrogens (tertiary/aromatic N) is 2. The molecule has 0 aliphatic heterocycles. The van der Waals surface area contributed by atoms with Gasteiger partial charge in [0, 0.05) is 12.6 Å². The Bertz CT molecular complexity index is 662. The van der Waals surface area contributed by atoms with Crippen LogP contribution in [0.3, 0.4) is 0 Å². The lowest BCUT2D eigenvalue weighted by molar-refractivity contribution is 0.0923. The van der Waals surface area contributed by atoms with Gasteiger partial charge in [-0.2, -0.15) is 5.10 Å². The van der Waals surface area contributed by atoms with E-state index in [2.05, 4.69) is 10.4 Å². The first kappa shape index (κ1) is 15.7. The number of carbonyl (C=O) groups excluding carboxylic acids is 1. The Morgan fingerprint density at radius 3 is 2.74 bits per heavy atom. The number of amides is 1. The summed E-state index contributed by atoms with van der Waals surface area (Å²) in [5.41, 5.74) is 2.49. The van der Waals surface area contributed by atoms with Crippen LogP contribution in [0.4, 0.5) is 0 Å². The highest BCUT2D eigenvalue weighted by Gasteiger charge is 2.32. The zero-order valence-corrected chi connectivity index (χ0v) is 13.4. The van der Waals surface area contributed by atoms with Gasteiger partial charge in [-0.3, -0.25) is 4.79 Å². The molecule has 0 radical (unpaired) electrons. The minimum atomic E-state index is -0.0885. The zero-order chi connectivity index (χ0) is 16.2. The fourth-order valence-corrected chi connectivity index (χ4v) is 3.00. The molecule has 1 heterocycles. The molecular weight excluding hydrogens is 290 g/mol. The second-order valence-corrected chi connectivity index (χ2v) is 6.04. The van der Waals surface area contributed by atoms with Crippen molar-refractivity contribution in [3.63, 3.8) is 0 Å². The highest BCUT2D eigenvalue weighted by molar-refractivity contribution is 5.95. The first-order valence-electron chi connectivity index (χ1n) is 8.28. The lowest BCUT2D eigenvalue weighted by atomic mass is 10.1. The van der Waals surface area contributed by atoms with Crippen molar-refractivity contribution in [2.75, 3.05) is 6.61 Å². The van der Waals surface area contributed by atoms with E-state index >= 15 is 0 Å². The number of aliphatic hydroxyl groups is 1. The molecule has 3 rings (SSSR count). The number of nitrogens with one attached hydrogen (secondary N) is 1. The van der Waals surface area contributed by atoms with Gasteiger partial charge in [0.25, 0.3) is 5.91 Å². The van der Waals surface area contributed by atoms with E-state index in [-0.39, 0.29) is 18.6 Å². The number of hydrogen-bond acceptors (Lipinski definition) is 3. The highest BCUT2D eigenvalue weighted by atomic mass is 16.3. The van der Waals surface area contributed by atoms with Crippen LogP contribution in [0.1, 0.15) is 42.2 Å². The summed E-state index contributed by atoms with van der Waals surface area (Å²) < 4.78 is 1.83. The number of aromatic nitrogens is 2. The fraction of sp³-hybridized carbons (Fsp3) is 0.444. The lowest BCUT2D eigenvalue weighted by Crippen LogP contribution is -2.37. The van der Waals surface area contributed by atoms with Crippen LogP contribution in [-0.4, -0.2) is 33.4 Å². The predicted molar refractivity (Wildman–Crippen MR) is 88.6 cm³/mol. The minimum absolute atomic E-state index is 0.0669. The fourth-order valence-electron chi connectivity index (χ4n) is 3.00. The van der Waals surface area contributed by atoms with Gasteiger partial charge < -0.3 is 10.4 Å². The maximum Gasteiger partial charge on any atom is 0.255 e. The Hall–Kier alpha value is -2.14. The van der Waals surface area contributed by atoms with Crippen LogP contribution in [0, 0.1) is 5.92 Å². The lowest BCUT2D eigenvalue weighted by Gasteiger charge is -2.17. The Morgan fingerprint density at radius 1 is 1.39 bits per heavy atom. The van der Waals surface area contributed by atoms with Crippen LogP contribution in [0.2, 0.25) is 0 Å². The summed E-state index contributed by atoms with van der Waals surface area (Å²) in [6, 6.07) is 9.90. The first-order chi connectivity index (χ1) is 11.2. The van der Waals surface area contributed by atoms with Gasteiger partial charge in [-0.25, -0.2) is 4.68 Å². The number of benzene rings is 1. The van der Waals surface area contributed by atoms with Gasteiger partial charge in [-0.15, -0.1) is 0 Å². The predicted octanol–water partition coefficient (Wildman–Crippen LogP) is 2.33. The summed E-state index contributed by atoms with van der Waals surface area (Å²) in [5.74, 6) is 0.426. The molecule has 0 spiro atoms. The van der Waals surface area contributed by atoms with Crippen molar-refractivity contribution in [1.82, 2.24) is 15.1 Å². The summed E-state index contributed by atoms with van der Waals surface area (Å²) in [4.78, 5) is 12.6. The molecule has 0 bridgehead atoms. The molecular formula is C18H23N3O2. The first-order valence-corrected chi connectivity index (χ1v) is 8.28. The molecule has 5 nitrogen and oxygen atoms in total. The number of hydrogen-bond donors (Lipinski definition) is 2. The van der Waals surface area contributed by atoms with Crippen molar-refractivity contribution in [1.29, 1.82) is 0 Å². The summed E-state index contributed by atoms with van der Waals surface area (Å²) in [7, 11) is 0. The van der Waals surface area contributed by atoms with Crippen LogP contribution in [0.25, 0.3) is 5.69 Å². The molecule has 1 amide bonds. The van der Waals surface area contributed by atoms with Crippen molar-refractivity contribution < 1.29 is 9.90 Å². The van der Waals surface area contributed by atoms with Crippen molar-refractivity contribution in [2.45, 2.75) is 38.6 Å². The van der Waals surface area contributed by atoms with Gasteiger partial charge >= 0.3 is 0 Å². The van der Waals surface area contributed by atoms with Crippen LogP contribution in [0.15, 0.2) is 36.5 Å². The van der Waals surface area contributed by atoms with E-state index in [1.165, 1.54) is 0 Å². The topological polar surface area (TPSA) is 67.2 Å². The van der Waals surface area contributed by atoms with Gasteiger partial charge in [0.15, 0.2) is 0 Å². The normalized spacial score (nSPS) is 15.4. The number of para-hydroxylation sites is 1. The van der Waals surface area contributed by atoms with Crippen molar-refractivity contribution >= 4 is 5.91 Å². The smallest absolute Gasteiger partial charge is 0.255 e. The molecule has 1 aromatic heterocycles. The molecule has 2 aromatic rings. The van der Waals surface area contributed by atoms with E-state index in [0.717, 1.165) is 30.6 Å². The van der Waals surface area contributed by atoms with Gasteiger partial charge in [-0.05, 0) is 43.7 Å². The largest absolute Gasteiger partial charge is 0.396 e. The second kappa shape index (κ2) is 6.96. The average molecular weight is 313 g/mol. The molecule has 5 heteroatoms. The summed E-state index contributed by atoms with van der Waals surface area (Å²) in [5, 5.41) is 16.7. The van der Waals surface area contributed by atoms with E-state index in [9.17, 15) is 9.90 Å². The van der Waals surface area contributed by atoms with Crippen molar-refractivity contribution in [3.8, 4) is 5.69 Å². The summed E-state index contributed by atoms with van der Waals surface area (Å²) in [6.07, 6.45) is 5.25. The van der Waals surface area contributed by atoms with Gasteiger partial charge in [0.1, 0.15) is 0 Å². The number of rotatable bonds is 7. The second-order valence-electron chi connectivity index (χ2n) is 6.04. The molecule has 1 atom stereocenters. The van der Waals surface area contributed by atoms with Crippen LogP contribution >= 0.6 is 0 Å². The molecule has 0 saturated heterocycles. The van der Waals surface area contributed by atoms with E-state index in [4.69, 9.17) is 0 Å². The van der Waals surface area contributed by atoms with E-state index in [1.807, 2.05) is 41.9 Å². The van der Waals surface area contributed by atoms with Crippen LogP contribution in [0.5, 0.6) is 0 Å². The molecule has 1 fully saturated rings. The third-order valence-corrected chi connectivity index (χ3v) is 4.40. The van der Waals surface area contributed by atoms with E-state index in [0.29, 0.717) is 17.9 Å². The average Bonchev–Trinajstić information content (AvgIpc) is 3.33. The molecule has 2 N–H and O–H groups in total. The molecule has 1 unspecified atom stereocenters. The van der Waals surface area contributed by atoms with Crippen molar-refractivity contribution in [3.05, 3.63) is 47.8 Å². The van der Waals surface area contributed by atoms with Crippen molar-refractivity contribution in [2.24, 2.45) is 5.92 Å². The van der Waals surface area contributed by atoms with E-state index < -0.39 is 0 Å². The Kier molecular flexibility index (Phi) is 4.76. The van der Waals surface area contributed by atoms with Crippen LogP contribution < -0.4 is 5.32 Å². The van der Waals surface area contributed by atoms with E-state index in [1.54, 1.807) is 6.20 Å².